The van der Waals surface area contributed by atoms with Crippen LogP contribution >= 0.6 is 11.6 Å². The summed E-state index contributed by atoms with van der Waals surface area (Å²) in [6.45, 7) is 2.13. The maximum absolute atomic E-state index is 15.3. The molecule has 2 aromatic carbocycles. The molecule has 3 aliphatic rings. The Morgan fingerprint density at radius 2 is 1.93 bits per heavy atom. The van der Waals surface area contributed by atoms with Crippen molar-refractivity contribution in [2.75, 3.05) is 30.3 Å². The van der Waals surface area contributed by atoms with Crippen LogP contribution in [0.1, 0.15) is 56.2 Å². The minimum atomic E-state index is -1.39. The molecule has 1 spiro atoms. The molecule has 2 bridgehead atoms. The zero-order chi connectivity index (χ0) is 31.0. The second-order valence-electron chi connectivity index (χ2n) is 11.2. The van der Waals surface area contributed by atoms with E-state index in [4.69, 9.17) is 21.1 Å². The lowest BCUT2D eigenvalue weighted by Crippen LogP contribution is -2.44. The fraction of sp³-hybridized carbons (Fsp3) is 0.375. The lowest BCUT2D eigenvalue weighted by Gasteiger charge is -2.36. The molecule has 1 saturated heterocycles. The number of likely N-dealkylation sites (tertiary alicyclic amines) is 1. The van der Waals surface area contributed by atoms with E-state index in [1.165, 1.54) is 24.3 Å². The third kappa shape index (κ3) is 5.56. The second kappa shape index (κ2) is 12.0. The van der Waals surface area contributed by atoms with Crippen LogP contribution in [0.15, 0.2) is 48.7 Å². The van der Waals surface area contributed by atoms with Gasteiger partial charge in [0.25, 0.3) is 0 Å². The number of halogens is 3. The van der Waals surface area contributed by atoms with Gasteiger partial charge in [0.2, 0.25) is 5.91 Å². The average Bonchev–Trinajstić information content (AvgIpc) is 3.41. The van der Waals surface area contributed by atoms with E-state index >= 15 is 4.39 Å². The molecule has 230 valence electrons. The number of nitrogens with zero attached hydrogens (tertiary/aromatic N) is 2. The maximum Gasteiger partial charge on any atom is 0.412 e. The molecule has 4 heterocycles. The summed E-state index contributed by atoms with van der Waals surface area (Å²) in [7, 11) is 0. The smallest absolute Gasteiger partial charge is 0.412 e. The lowest BCUT2D eigenvalue weighted by atomic mass is 9.89. The normalized spacial score (nSPS) is 22.8. The molecule has 1 aromatic heterocycles. The van der Waals surface area contributed by atoms with Crippen LogP contribution in [0.25, 0.3) is 11.1 Å². The summed E-state index contributed by atoms with van der Waals surface area (Å²) in [4.78, 5) is 45.6. The SMILES string of the molecule is CCOC(=O)C1CCCC[C@H](C(=O)N2CC[C@@]3(C2)OC(=O)Nc2ccc(Cl)c(F)c23)c2cc(ccn2)-c2cc(F)ccc2N1. The van der Waals surface area contributed by atoms with Gasteiger partial charge >= 0.3 is 12.1 Å². The van der Waals surface area contributed by atoms with E-state index in [1.54, 1.807) is 36.2 Å². The van der Waals surface area contributed by atoms with Gasteiger partial charge in [-0.15, -0.1) is 0 Å². The Labute approximate surface area is 257 Å². The highest BCUT2D eigenvalue weighted by Crippen LogP contribution is 2.46. The van der Waals surface area contributed by atoms with Crippen molar-refractivity contribution in [2.24, 2.45) is 0 Å². The van der Waals surface area contributed by atoms with Gasteiger partial charge in [-0.25, -0.2) is 18.4 Å². The van der Waals surface area contributed by atoms with Gasteiger partial charge in [0, 0.05) is 30.4 Å². The number of hydrogen-bond donors (Lipinski definition) is 2. The molecule has 2 N–H and O–H groups in total. The number of benzene rings is 2. The van der Waals surface area contributed by atoms with Crippen LogP contribution in [-0.2, 0) is 24.7 Å². The summed E-state index contributed by atoms with van der Waals surface area (Å²) in [5, 5.41) is 5.66. The minimum Gasteiger partial charge on any atom is -0.464 e. The summed E-state index contributed by atoms with van der Waals surface area (Å²) in [6, 6.07) is 9.98. The zero-order valence-corrected chi connectivity index (χ0v) is 24.8. The number of esters is 1. The Morgan fingerprint density at radius 3 is 2.75 bits per heavy atom. The zero-order valence-electron chi connectivity index (χ0n) is 24.0. The number of hydrogen-bond acceptors (Lipinski definition) is 7. The second-order valence-corrected chi connectivity index (χ2v) is 11.7. The van der Waals surface area contributed by atoms with Crippen LogP contribution in [0.5, 0.6) is 0 Å². The number of pyridine rings is 1. The van der Waals surface area contributed by atoms with Gasteiger partial charge in [-0.05, 0) is 67.8 Å². The van der Waals surface area contributed by atoms with Gasteiger partial charge in [-0.2, -0.15) is 0 Å². The first-order chi connectivity index (χ1) is 21.2. The van der Waals surface area contributed by atoms with Crippen LogP contribution in [-0.4, -0.2) is 53.6 Å². The summed E-state index contributed by atoms with van der Waals surface area (Å²) in [5.74, 6) is -2.50. The van der Waals surface area contributed by atoms with Crippen LogP contribution in [0, 0.1) is 11.6 Å². The van der Waals surface area contributed by atoms with Crippen molar-refractivity contribution in [1.82, 2.24) is 9.88 Å². The third-order valence-corrected chi connectivity index (χ3v) is 8.78. The number of ether oxygens (including phenoxy) is 2. The minimum absolute atomic E-state index is 0.0530. The summed E-state index contributed by atoms with van der Waals surface area (Å²) in [5.41, 5.74) is 1.18. The number of amides is 2. The van der Waals surface area contributed by atoms with Crippen LogP contribution in [0.3, 0.4) is 0 Å². The van der Waals surface area contributed by atoms with Gasteiger partial charge in [-0.1, -0.05) is 24.4 Å². The number of aromatic nitrogens is 1. The van der Waals surface area contributed by atoms with E-state index in [9.17, 15) is 18.8 Å². The average molecular weight is 625 g/mol. The van der Waals surface area contributed by atoms with Crippen molar-refractivity contribution in [3.63, 3.8) is 0 Å². The molecule has 12 heteroatoms. The molecule has 0 aliphatic carbocycles. The third-order valence-electron chi connectivity index (χ3n) is 8.48. The number of fused-ring (bicyclic) bond motifs is 6. The molecule has 1 unspecified atom stereocenters. The molecule has 3 atom stereocenters. The summed E-state index contributed by atoms with van der Waals surface area (Å²) >= 11 is 6.09. The van der Waals surface area contributed by atoms with Crippen molar-refractivity contribution in [3.05, 3.63) is 76.6 Å². The number of carbonyl (C=O) groups excluding carboxylic acids is 3. The lowest BCUT2D eigenvalue weighted by molar-refractivity contribution is -0.144. The fourth-order valence-corrected chi connectivity index (χ4v) is 6.56. The first-order valence-corrected chi connectivity index (χ1v) is 15.0. The summed E-state index contributed by atoms with van der Waals surface area (Å²) < 4.78 is 40.8. The quantitative estimate of drug-likeness (QED) is 0.326. The molecule has 1 fully saturated rings. The molecule has 44 heavy (non-hydrogen) atoms. The van der Waals surface area contributed by atoms with Crippen molar-refractivity contribution < 1.29 is 32.6 Å². The van der Waals surface area contributed by atoms with Crippen LogP contribution < -0.4 is 10.6 Å². The van der Waals surface area contributed by atoms with Crippen molar-refractivity contribution in [3.8, 4) is 11.1 Å². The molecule has 6 rings (SSSR count). The summed E-state index contributed by atoms with van der Waals surface area (Å²) in [6.07, 6.45) is 3.08. The first-order valence-electron chi connectivity index (χ1n) is 14.7. The predicted molar refractivity (Wildman–Crippen MR) is 159 cm³/mol. The molecule has 0 radical (unpaired) electrons. The van der Waals surface area contributed by atoms with E-state index in [0.717, 1.165) is 0 Å². The van der Waals surface area contributed by atoms with Crippen molar-refractivity contribution in [2.45, 2.75) is 56.6 Å². The van der Waals surface area contributed by atoms with Gasteiger partial charge in [0.05, 0.1) is 41.0 Å². The fourth-order valence-electron chi connectivity index (χ4n) is 6.40. The largest absolute Gasteiger partial charge is 0.464 e. The number of anilines is 2. The molecule has 0 saturated carbocycles. The van der Waals surface area contributed by atoms with E-state index in [2.05, 4.69) is 15.6 Å². The Balaban J connectivity index is 1.34. The van der Waals surface area contributed by atoms with Crippen LogP contribution in [0.2, 0.25) is 5.02 Å². The molecule has 3 aliphatic heterocycles. The van der Waals surface area contributed by atoms with E-state index in [1.807, 2.05) is 0 Å². The molecule has 2 amide bonds. The van der Waals surface area contributed by atoms with Gasteiger partial charge in [-0.3, -0.25) is 15.1 Å². The highest BCUT2D eigenvalue weighted by Gasteiger charge is 2.51. The molecule has 9 nitrogen and oxygen atoms in total. The van der Waals surface area contributed by atoms with Gasteiger partial charge in [0.1, 0.15) is 11.9 Å². The highest BCUT2D eigenvalue weighted by atomic mass is 35.5. The predicted octanol–water partition coefficient (Wildman–Crippen LogP) is 6.37. The maximum atomic E-state index is 15.3. The number of rotatable bonds is 3. The Hall–Kier alpha value is -4.25. The number of nitrogens with one attached hydrogen (secondary N) is 2. The molecule has 3 aromatic rings. The highest BCUT2D eigenvalue weighted by molar-refractivity contribution is 6.31. The molecular formula is C32H31ClF2N4O5. The van der Waals surface area contributed by atoms with Crippen LogP contribution in [0.4, 0.5) is 25.0 Å². The Morgan fingerprint density at radius 1 is 1.14 bits per heavy atom. The van der Waals surface area contributed by atoms with Gasteiger partial charge < -0.3 is 19.7 Å². The Kier molecular flexibility index (Phi) is 8.15. The topological polar surface area (TPSA) is 110 Å². The first kappa shape index (κ1) is 29.8. The number of carbonyl (C=O) groups is 3. The monoisotopic (exact) mass is 624 g/mol. The van der Waals surface area contributed by atoms with E-state index in [0.29, 0.717) is 48.2 Å². The van der Waals surface area contributed by atoms with E-state index in [-0.39, 0.29) is 48.3 Å². The van der Waals surface area contributed by atoms with E-state index < -0.39 is 41.3 Å². The van der Waals surface area contributed by atoms with Crippen molar-refractivity contribution in [1.29, 1.82) is 0 Å². The molecular weight excluding hydrogens is 594 g/mol. The van der Waals surface area contributed by atoms with Gasteiger partial charge in [0.15, 0.2) is 11.4 Å². The Bertz CT molecular complexity index is 1640. The van der Waals surface area contributed by atoms with Crippen molar-refractivity contribution >= 4 is 40.9 Å². The standard InChI is InChI=1S/C32H31ClF2N4O5/c1-2-43-30(41)25-6-4-3-5-20(26-15-18(11-13-36-26)21-16-19(34)7-9-23(21)37-25)29(40)39-14-12-32(17-39)27-24(38-31(42)44-32)10-8-22(33)28(27)35/h7-11,13,15-16,20,25,37H,2-6,12,14,17H2,1H3,(H,38,42)/t20-,25?,32-/m0/s1.